The van der Waals surface area contributed by atoms with E-state index in [0.717, 1.165) is 63.6 Å². The molecule has 1 amide bonds. The number of amides is 1. The Labute approximate surface area is 120 Å². The third-order valence-corrected chi connectivity index (χ3v) is 4.48. The number of piperidine rings is 1. The minimum Gasteiger partial charge on any atom is -0.343 e. The third kappa shape index (κ3) is 4.88. The van der Waals surface area contributed by atoms with Crippen molar-refractivity contribution in [3.8, 4) is 0 Å². The molecule has 18 heavy (non-hydrogen) atoms. The Balaban J connectivity index is 2.27. The summed E-state index contributed by atoms with van der Waals surface area (Å²) in [5, 5.41) is 1.00. The first kappa shape index (κ1) is 16.0. The highest BCUT2D eigenvalue weighted by atomic mass is 79.9. The summed E-state index contributed by atoms with van der Waals surface area (Å²) in [6, 6.07) is 0.687. The molecule has 1 aliphatic heterocycles. The number of hydrogen-bond acceptors (Lipinski definition) is 2. The van der Waals surface area contributed by atoms with Crippen molar-refractivity contribution < 1.29 is 4.79 Å². The molecular weight excluding hydrogens is 292 g/mol. The topological polar surface area (TPSA) is 23.6 Å². The van der Waals surface area contributed by atoms with Gasteiger partial charge in [0.15, 0.2) is 0 Å². The fourth-order valence-electron chi connectivity index (χ4n) is 2.75. The van der Waals surface area contributed by atoms with Crippen molar-refractivity contribution in [1.29, 1.82) is 0 Å². The molecule has 0 aliphatic carbocycles. The Morgan fingerprint density at radius 1 is 1.22 bits per heavy atom. The first-order valence-electron chi connectivity index (χ1n) is 7.30. The third-order valence-electron chi connectivity index (χ3n) is 3.92. The number of halogens is 1. The lowest BCUT2D eigenvalue weighted by Crippen LogP contribution is -2.46. The first-order chi connectivity index (χ1) is 8.72. The molecular formula is C14H27BrN2O. The van der Waals surface area contributed by atoms with E-state index in [4.69, 9.17) is 0 Å². The molecule has 4 heteroatoms. The van der Waals surface area contributed by atoms with Crippen molar-refractivity contribution in [2.75, 3.05) is 31.5 Å². The largest absolute Gasteiger partial charge is 0.343 e. The first-order valence-corrected chi connectivity index (χ1v) is 8.42. The quantitative estimate of drug-likeness (QED) is 0.532. The SMILES string of the molecule is CCN(CC)C1CCN(C(=O)CCCCBr)CC1. The van der Waals surface area contributed by atoms with Crippen molar-refractivity contribution in [1.82, 2.24) is 9.80 Å². The van der Waals surface area contributed by atoms with Crippen LogP contribution in [0.25, 0.3) is 0 Å². The minimum absolute atomic E-state index is 0.356. The minimum atomic E-state index is 0.356. The number of rotatable bonds is 7. The van der Waals surface area contributed by atoms with Gasteiger partial charge in [-0.05, 0) is 38.8 Å². The number of carbonyl (C=O) groups is 1. The van der Waals surface area contributed by atoms with Crippen LogP contribution >= 0.6 is 15.9 Å². The van der Waals surface area contributed by atoms with E-state index < -0.39 is 0 Å². The molecule has 0 spiro atoms. The van der Waals surface area contributed by atoms with Crippen LogP contribution in [0.15, 0.2) is 0 Å². The molecule has 0 aromatic carbocycles. The maximum absolute atomic E-state index is 12.0. The van der Waals surface area contributed by atoms with Crippen LogP contribution in [0.1, 0.15) is 46.0 Å². The number of carbonyl (C=O) groups excluding carboxylic acids is 1. The highest BCUT2D eigenvalue weighted by Gasteiger charge is 2.24. The Morgan fingerprint density at radius 2 is 1.83 bits per heavy atom. The van der Waals surface area contributed by atoms with E-state index in [-0.39, 0.29) is 0 Å². The van der Waals surface area contributed by atoms with E-state index in [9.17, 15) is 4.79 Å². The summed E-state index contributed by atoms with van der Waals surface area (Å²) >= 11 is 3.40. The molecule has 1 aliphatic rings. The lowest BCUT2D eigenvalue weighted by Gasteiger charge is -2.37. The normalized spacial score (nSPS) is 17.4. The smallest absolute Gasteiger partial charge is 0.222 e. The average molecular weight is 319 g/mol. The van der Waals surface area contributed by atoms with Crippen molar-refractivity contribution in [3.63, 3.8) is 0 Å². The maximum atomic E-state index is 12.0. The monoisotopic (exact) mass is 318 g/mol. The van der Waals surface area contributed by atoms with Crippen molar-refractivity contribution in [2.24, 2.45) is 0 Å². The lowest BCUT2D eigenvalue weighted by atomic mass is 10.0. The lowest BCUT2D eigenvalue weighted by molar-refractivity contribution is -0.132. The molecule has 0 N–H and O–H groups in total. The van der Waals surface area contributed by atoms with Gasteiger partial charge in [0.2, 0.25) is 5.91 Å². The van der Waals surface area contributed by atoms with Gasteiger partial charge in [-0.25, -0.2) is 0 Å². The number of hydrogen-bond donors (Lipinski definition) is 0. The van der Waals surface area contributed by atoms with Crippen LogP contribution in [-0.4, -0.2) is 53.3 Å². The second-order valence-electron chi connectivity index (χ2n) is 4.98. The van der Waals surface area contributed by atoms with Crippen LogP contribution in [0.5, 0.6) is 0 Å². The molecule has 1 heterocycles. The summed E-state index contributed by atoms with van der Waals surface area (Å²) < 4.78 is 0. The van der Waals surface area contributed by atoms with Crippen molar-refractivity contribution >= 4 is 21.8 Å². The molecule has 1 saturated heterocycles. The van der Waals surface area contributed by atoms with Crippen LogP contribution in [0, 0.1) is 0 Å². The molecule has 0 aromatic heterocycles. The van der Waals surface area contributed by atoms with E-state index in [0.29, 0.717) is 11.9 Å². The highest BCUT2D eigenvalue weighted by molar-refractivity contribution is 9.09. The van der Waals surface area contributed by atoms with Gasteiger partial charge in [0.1, 0.15) is 0 Å². The molecule has 0 radical (unpaired) electrons. The Morgan fingerprint density at radius 3 is 2.33 bits per heavy atom. The van der Waals surface area contributed by atoms with Gasteiger partial charge in [-0.1, -0.05) is 29.8 Å². The van der Waals surface area contributed by atoms with E-state index in [1.165, 1.54) is 0 Å². The predicted octanol–water partition coefficient (Wildman–Crippen LogP) is 2.88. The molecule has 1 rings (SSSR count). The van der Waals surface area contributed by atoms with Crippen LogP contribution < -0.4 is 0 Å². The second-order valence-corrected chi connectivity index (χ2v) is 5.77. The number of nitrogens with zero attached hydrogens (tertiary/aromatic N) is 2. The van der Waals surface area contributed by atoms with Gasteiger partial charge in [0.25, 0.3) is 0 Å². The summed E-state index contributed by atoms with van der Waals surface area (Å²) in [5.41, 5.74) is 0. The van der Waals surface area contributed by atoms with Gasteiger partial charge in [0.05, 0.1) is 0 Å². The molecule has 106 valence electrons. The maximum Gasteiger partial charge on any atom is 0.222 e. The fraction of sp³-hybridized carbons (Fsp3) is 0.929. The standard InChI is InChI=1S/C14H27BrN2O/c1-3-16(4-2)13-8-11-17(12-9-13)14(18)7-5-6-10-15/h13H,3-12H2,1-2H3. The van der Waals surface area contributed by atoms with Crippen LogP contribution in [0.2, 0.25) is 0 Å². The summed E-state index contributed by atoms with van der Waals surface area (Å²) in [6.45, 7) is 8.60. The van der Waals surface area contributed by atoms with Gasteiger partial charge >= 0.3 is 0 Å². The van der Waals surface area contributed by atoms with E-state index in [1.54, 1.807) is 0 Å². The molecule has 0 aromatic rings. The zero-order chi connectivity index (χ0) is 13.4. The summed E-state index contributed by atoms with van der Waals surface area (Å²) in [6.07, 6.45) is 5.13. The highest BCUT2D eigenvalue weighted by Crippen LogP contribution is 2.17. The second kappa shape index (κ2) is 8.92. The van der Waals surface area contributed by atoms with E-state index in [1.807, 2.05) is 0 Å². The molecule has 0 atom stereocenters. The van der Waals surface area contributed by atoms with Gasteiger partial charge < -0.3 is 9.80 Å². The van der Waals surface area contributed by atoms with E-state index in [2.05, 4.69) is 39.6 Å². The van der Waals surface area contributed by atoms with Gasteiger partial charge in [-0.2, -0.15) is 0 Å². The molecule has 0 bridgehead atoms. The number of unbranched alkanes of at least 4 members (excludes halogenated alkanes) is 1. The van der Waals surface area contributed by atoms with Crippen LogP contribution in [0.3, 0.4) is 0 Å². The van der Waals surface area contributed by atoms with Crippen molar-refractivity contribution in [2.45, 2.75) is 52.0 Å². The molecule has 1 fully saturated rings. The summed E-state index contributed by atoms with van der Waals surface area (Å²) in [4.78, 5) is 16.6. The zero-order valence-electron chi connectivity index (χ0n) is 11.8. The Kier molecular flexibility index (Phi) is 7.91. The van der Waals surface area contributed by atoms with Gasteiger partial charge in [-0.15, -0.1) is 0 Å². The fourth-order valence-corrected chi connectivity index (χ4v) is 3.15. The molecule has 0 saturated carbocycles. The van der Waals surface area contributed by atoms with Crippen molar-refractivity contribution in [3.05, 3.63) is 0 Å². The van der Waals surface area contributed by atoms with Gasteiger partial charge in [0, 0.05) is 30.9 Å². The Hall–Kier alpha value is -0.0900. The molecule has 3 nitrogen and oxygen atoms in total. The number of alkyl halides is 1. The van der Waals surface area contributed by atoms with Crippen LogP contribution in [-0.2, 0) is 4.79 Å². The average Bonchev–Trinajstić information content (AvgIpc) is 2.41. The Bertz CT molecular complexity index is 236. The predicted molar refractivity (Wildman–Crippen MR) is 80.2 cm³/mol. The zero-order valence-corrected chi connectivity index (χ0v) is 13.4. The summed E-state index contributed by atoms with van der Waals surface area (Å²) in [7, 11) is 0. The number of likely N-dealkylation sites (tertiary alicyclic amines) is 1. The summed E-state index contributed by atoms with van der Waals surface area (Å²) in [5.74, 6) is 0.356. The van der Waals surface area contributed by atoms with Gasteiger partial charge in [-0.3, -0.25) is 4.79 Å². The van der Waals surface area contributed by atoms with Crippen LogP contribution in [0.4, 0.5) is 0 Å². The molecule has 0 unspecified atom stereocenters. The van der Waals surface area contributed by atoms with E-state index >= 15 is 0 Å².